The van der Waals surface area contributed by atoms with Crippen LogP contribution in [0.5, 0.6) is 0 Å². The molecule has 0 aliphatic carbocycles. The third-order valence-corrected chi connectivity index (χ3v) is 7.16. The van der Waals surface area contributed by atoms with Crippen LogP contribution in [0.15, 0.2) is 132 Å². The molecule has 0 aliphatic heterocycles. The van der Waals surface area contributed by atoms with Crippen molar-refractivity contribution in [1.82, 2.24) is 0 Å². The van der Waals surface area contributed by atoms with Crippen LogP contribution in [0.1, 0.15) is 49.9 Å². The lowest BCUT2D eigenvalue weighted by atomic mass is 9.66. The number of nitrogens with one attached hydrogen (secondary N) is 2. The maximum absolute atomic E-state index is 12.3. The number of rotatable bonds is 9. The molecule has 0 heterocycles. The molecule has 0 spiro atoms. The zero-order valence-corrected chi connectivity index (χ0v) is 26.9. The summed E-state index contributed by atoms with van der Waals surface area (Å²) in [6.45, 7) is 6.70. The molecule has 0 aliphatic rings. The molecule has 0 atom stereocenters. The zero-order valence-electron chi connectivity index (χ0n) is 25.3. The van der Waals surface area contributed by atoms with Crippen LogP contribution in [0.4, 0.5) is 0 Å². The van der Waals surface area contributed by atoms with E-state index >= 15 is 0 Å². The van der Waals surface area contributed by atoms with Crippen molar-refractivity contribution < 1.29 is 10.2 Å². The third-order valence-electron chi connectivity index (χ3n) is 7.16. The number of hydrogen-bond acceptors (Lipinski definition) is 6. The van der Waals surface area contributed by atoms with E-state index in [0.717, 1.165) is 0 Å². The van der Waals surface area contributed by atoms with Gasteiger partial charge in [0.25, 0.3) is 0 Å². The minimum absolute atomic E-state index is 0. The van der Waals surface area contributed by atoms with Crippen molar-refractivity contribution in [2.24, 2.45) is 21.7 Å². The van der Waals surface area contributed by atoms with E-state index in [1.807, 2.05) is 121 Å². The number of hydrogen-bond donors (Lipinski definition) is 6. The molecule has 0 bridgehead atoms. The minimum Gasteiger partial charge on any atom is -0.386 e. The fraction of sp³-hybridized carbons (Fsp3) is 0.235. The first-order valence-electron chi connectivity index (χ1n) is 13.6. The number of amidine groups is 2. The Hall–Kier alpha value is -4.08. The molecule has 4 aromatic carbocycles. The number of benzene rings is 4. The van der Waals surface area contributed by atoms with Gasteiger partial charge in [0, 0.05) is 0 Å². The van der Waals surface area contributed by atoms with Crippen LogP contribution in [-0.2, 0) is 11.2 Å². The van der Waals surface area contributed by atoms with Crippen molar-refractivity contribution in [3.63, 3.8) is 0 Å². The Bertz CT molecular complexity index is 1310. The first-order chi connectivity index (χ1) is 19.8. The third kappa shape index (κ3) is 8.09. The van der Waals surface area contributed by atoms with Crippen molar-refractivity contribution in [3.8, 4) is 0 Å². The van der Waals surface area contributed by atoms with Gasteiger partial charge in [-0.2, -0.15) is 10.2 Å². The van der Waals surface area contributed by atoms with Crippen LogP contribution < -0.4 is 11.5 Å². The quantitative estimate of drug-likeness (QED) is 0.0695. The number of nitrogens with two attached hydrogens (primary N) is 2. The molecule has 0 aromatic heterocycles. The van der Waals surface area contributed by atoms with E-state index in [4.69, 9.17) is 22.3 Å². The summed E-state index contributed by atoms with van der Waals surface area (Å²) in [7, 11) is 0. The molecular weight excluding hydrogens is 595 g/mol. The van der Waals surface area contributed by atoms with Crippen molar-refractivity contribution in [3.05, 3.63) is 144 Å². The highest BCUT2D eigenvalue weighted by Crippen LogP contribution is 2.49. The van der Waals surface area contributed by atoms with E-state index in [-0.39, 0.29) is 36.5 Å². The van der Waals surface area contributed by atoms with Gasteiger partial charge in [-0.3, -0.25) is 10.8 Å². The SMILES string of the molecule is CC(C)(/N=N/C(C)(C)C(=N)N)C(=N)N.Cl.Cl.OC(c1ccccc1)(c1ccccc1)C(O)(c1ccccc1)c1ccccc1. The molecule has 0 saturated carbocycles. The summed E-state index contributed by atoms with van der Waals surface area (Å²) < 4.78 is 0. The molecule has 0 unspecified atom stereocenters. The Labute approximate surface area is 272 Å². The van der Waals surface area contributed by atoms with E-state index in [0.29, 0.717) is 22.3 Å². The molecule has 0 radical (unpaired) electrons. The molecule has 234 valence electrons. The predicted molar refractivity (Wildman–Crippen MR) is 183 cm³/mol. The second kappa shape index (κ2) is 15.6. The van der Waals surface area contributed by atoms with Crippen molar-refractivity contribution in [1.29, 1.82) is 10.8 Å². The molecule has 4 aromatic rings. The highest BCUT2D eigenvalue weighted by atomic mass is 35.5. The van der Waals surface area contributed by atoms with E-state index in [1.165, 1.54) is 0 Å². The maximum Gasteiger partial charge on any atom is 0.152 e. The Morgan fingerprint density at radius 2 is 0.659 bits per heavy atom. The van der Waals surface area contributed by atoms with Gasteiger partial charge < -0.3 is 21.7 Å². The largest absolute Gasteiger partial charge is 0.386 e. The fourth-order valence-corrected chi connectivity index (χ4v) is 4.24. The van der Waals surface area contributed by atoms with E-state index in [9.17, 15) is 10.2 Å². The summed E-state index contributed by atoms with van der Waals surface area (Å²) in [5.41, 5.74) is 8.05. The first kappa shape index (κ1) is 37.9. The predicted octanol–water partition coefficient (Wildman–Crippen LogP) is 6.57. The molecule has 0 saturated heterocycles. The van der Waals surface area contributed by atoms with E-state index in [1.54, 1.807) is 27.7 Å². The van der Waals surface area contributed by atoms with Crippen LogP contribution in [0.2, 0.25) is 0 Å². The highest BCUT2D eigenvalue weighted by molar-refractivity contribution is 5.87. The Kier molecular flexibility index (Phi) is 13.4. The smallest absolute Gasteiger partial charge is 0.152 e. The molecule has 8 nitrogen and oxygen atoms in total. The second-order valence-corrected chi connectivity index (χ2v) is 11.0. The van der Waals surface area contributed by atoms with Crippen LogP contribution >= 0.6 is 24.8 Å². The summed E-state index contributed by atoms with van der Waals surface area (Å²) in [5.74, 6) is -0.138. The maximum atomic E-state index is 12.3. The van der Waals surface area contributed by atoms with Crippen molar-refractivity contribution in [2.75, 3.05) is 0 Å². The lowest BCUT2D eigenvalue weighted by Gasteiger charge is -2.45. The Morgan fingerprint density at radius 1 is 0.477 bits per heavy atom. The number of azo groups is 1. The summed E-state index contributed by atoms with van der Waals surface area (Å²) in [6.07, 6.45) is 0. The van der Waals surface area contributed by atoms with Crippen LogP contribution in [0.25, 0.3) is 0 Å². The van der Waals surface area contributed by atoms with Gasteiger partial charge in [0.1, 0.15) is 22.7 Å². The Balaban J connectivity index is 0.000000522. The van der Waals surface area contributed by atoms with Gasteiger partial charge in [-0.15, -0.1) is 24.8 Å². The average molecular weight is 638 g/mol. The van der Waals surface area contributed by atoms with E-state index in [2.05, 4.69) is 10.2 Å². The van der Waals surface area contributed by atoms with Crippen LogP contribution in [0.3, 0.4) is 0 Å². The minimum atomic E-state index is -1.70. The van der Waals surface area contributed by atoms with Gasteiger partial charge in [0.2, 0.25) is 0 Å². The van der Waals surface area contributed by atoms with E-state index < -0.39 is 22.3 Å². The van der Waals surface area contributed by atoms with Gasteiger partial charge in [-0.1, -0.05) is 121 Å². The van der Waals surface area contributed by atoms with Gasteiger partial charge in [0.05, 0.1) is 0 Å². The van der Waals surface area contributed by atoms with Crippen LogP contribution in [-0.4, -0.2) is 33.0 Å². The number of nitrogens with zero attached hydrogens (tertiary/aromatic N) is 2. The lowest BCUT2D eigenvalue weighted by molar-refractivity contribution is -0.113. The lowest BCUT2D eigenvalue weighted by Crippen LogP contribution is -2.51. The van der Waals surface area contributed by atoms with Gasteiger partial charge in [0.15, 0.2) is 11.2 Å². The molecule has 0 amide bonds. The zero-order chi connectivity index (χ0) is 31.0. The summed E-state index contributed by atoms with van der Waals surface area (Å²) in [6, 6.07) is 37.4. The fourth-order valence-electron chi connectivity index (χ4n) is 4.24. The standard InChI is InChI=1S/C26H22O2.C8H18N6.2ClH/c27-25(21-13-5-1-6-14-21,22-15-7-2-8-16-22)26(28,23-17-9-3-10-18-23)24-19-11-4-12-20-24;1-7(2,5(9)10)13-14-8(3,4)6(11)12;;/h1-20,27-28H;1-4H3,(H3,9,10)(H3,11,12);2*1H/b;14-13+;;. The number of aliphatic hydroxyl groups is 2. The Morgan fingerprint density at radius 3 is 0.818 bits per heavy atom. The first-order valence-corrected chi connectivity index (χ1v) is 13.6. The summed E-state index contributed by atoms with van der Waals surface area (Å²) >= 11 is 0. The summed E-state index contributed by atoms with van der Waals surface area (Å²) in [4.78, 5) is 0. The molecule has 8 N–H and O–H groups in total. The molecule has 10 heteroatoms. The van der Waals surface area contributed by atoms with Crippen molar-refractivity contribution >= 4 is 36.5 Å². The molecular formula is C34H42Cl2N6O2. The average Bonchev–Trinajstić information content (AvgIpc) is 3.01. The van der Waals surface area contributed by atoms with Gasteiger partial charge >= 0.3 is 0 Å². The number of halogens is 2. The molecule has 4 rings (SSSR count). The monoisotopic (exact) mass is 636 g/mol. The van der Waals surface area contributed by atoms with Gasteiger partial charge in [-0.05, 0) is 49.9 Å². The normalized spacial score (nSPS) is 11.8. The van der Waals surface area contributed by atoms with Gasteiger partial charge in [-0.25, -0.2) is 0 Å². The summed E-state index contributed by atoms with van der Waals surface area (Å²) in [5, 5.41) is 47.0. The highest BCUT2D eigenvalue weighted by Gasteiger charge is 2.54. The molecule has 44 heavy (non-hydrogen) atoms. The topological polar surface area (TPSA) is 165 Å². The van der Waals surface area contributed by atoms with Crippen molar-refractivity contribution in [2.45, 2.75) is 50.0 Å². The molecule has 0 fully saturated rings. The van der Waals surface area contributed by atoms with Crippen LogP contribution in [0, 0.1) is 10.8 Å². The second-order valence-electron chi connectivity index (χ2n) is 11.0.